The number of halogens is 1. The molecule has 0 bridgehead atoms. The first-order chi connectivity index (χ1) is 10.2. The number of urea groups is 1. The van der Waals surface area contributed by atoms with Crippen molar-refractivity contribution in [3.63, 3.8) is 0 Å². The number of imide groups is 1. The Labute approximate surface area is 118 Å². The summed E-state index contributed by atoms with van der Waals surface area (Å²) in [6, 6.07) is 1.09. The van der Waals surface area contributed by atoms with Crippen LogP contribution in [0.3, 0.4) is 0 Å². The lowest BCUT2D eigenvalue weighted by atomic mass is 10.2. The minimum absolute atomic E-state index is 0.124. The first-order valence-corrected chi connectivity index (χ1v) is 6.15. The summed E-state index contributed by atoms with van der Waals surface area (Å²) < 4.78 is 13.7. The largest absolute Gasteiger partial charge is 0.367 e. The number of carbonyl (C=O) groups is 2. The standard InChI is InChI=1S/C12H11FN6O2/c13-2-3-14-9-1-4-19-10(17-9)7(6-15-19)5-8-11(20)18-12(21)16-8/h1,4-6H,2-3H2,(H,14,17)(H2,16,18,20,21)/b8-5+. The van der Waals surface area contributed by atoms with Crippen molar-refractivity contribution < 1.29 is 14.0 Å². The van der Waals surface area contributed by atoms with E-state index in [0.717, 1.165) is 0 Å². The van der Waals surface area contributed by atoms with Crippen molar-refractivity contribution in [3.05, 3.63) is 29.7 Å². The molecule has 0 radical (unpaired) electrons. The first-order valence-electron chi connectivity index (χ1n) is 6.15. The van der Waals surface area contributed by atoms with Crippen molar-refractivity contribution in [3.8, 4) is 0 Å². The number of nitrogens with zero attached hydrogens (tertiary/aromatic N) is 3. The summed E-state index contributed by atoms with van der Waals surface area (Å²) >= 11 is 0. The van der Waals surface area contributed by atoms with Crippen LogP contribution < -0.4 is 16.0 Å². The van der Waals surface area contributed by atoms with Crippen LogP contribution in [0.2, 0.25) is 0 Å². The van der Waals surface area contributed by atoms with E-state index in [-0.39, 0.29) is 12.2 Å². The molecule has 0 saturated carbocycles. The summed E-state index contributed by atoms with van der Waals surface area (Å²) in [4.78, 5) is 26.8. The maximum atomic E-state index is 12.2. The van der Waals surface area contributed by atoms with E-state index < -0.39 is 18.6 Å². The van der Waals surface area contributed by atoms with Crippen molar-refractivity contribution in [1.29, 1.82) is 0 Å². The van der Waals surface area contributed by atoms with Gasteiger partial charge in [-0.15, -0.1) is 0 Å². The second-order valence-electron chi connectivity index (χ2n) is 4.26. The Balaban J connectivity index is 1.97. The average molecular weight is 290 g/mol. The van der Waals surface area contributed by atoms with E-state index in [4.69, 9.17) is 0 Å². The average Bonchev–Trinajstić information content (AvgIpc) is 3.00. The molecule has 3 N–H and O–H groups in total. The normalized spacial score (nSPS) is 16.3. The molecule has 3 heterocycles. The van der Waals surface area contributed by atoms with Crippen LogP contribution in [0.1, 0.15) is 5.56 Å². The Morgan fingerprint density at radius 3 is 2.95 bits per heavy atom. The van der Waals surface area contributed by atoms with Crippen molar-refractivity contribution >= 4 is 29.5 Å². The minimum Gasteiger partial charge on any atom is -0.367 e. The van der Waals surface area contributed by atoms with E-state index >= 15 is 0 Å². The van der Waals surface area contributed by atoms with Crippen LogP contribution in [0.15, 0.2) is 24.2 Å². The van der Waals surface area contributed by atoms with Crippen molar-refractivity contribution in [2.75, 3.05) is 18.5 Å². The number of nitrogens with one attached hydrogen (secondary N) is 3. The van der Waals surface area contributed by atoms with Crippen molar-refractivity contribution in [1.82, 2.24) is 25.2 Å². The monoisotopic (exact) mass is 290 g/mol. The smallest absolute Gasteiger partial charge is 0.326 e. The number of alkyl halides is 1. The number of anilines is 1. The molecule has 1 aliphatic heterocycles. The fourth-order valence-corrected chi connectivity index (χ4v) is 1.90. The van der Waals surface area contributed by atoms with Crippen molar-refractivity contribution in [2.24, 2.45) is 0 Å². The number of carbonyl (C=O) groups excluding carboxylic acids is 2. The lowest BCUT2D eigenvalue weighted by Gasteiger charge is -2.03. The molecule has 1 fully saturated rings. The van der Waals surface area contributed by atoms with Crippen LogP contribution in [0, 0.1) is 0 Å². The molecule has 3 rings (SSSR count). The highest BCUT2D eigenvalue weighted by atomic mass is 19.1. The molecule has 1 saturated heterocycles. The van der Waals surface area contributed by atoms with Gasteiger partial charge in [0, 0.05) is 18.3 Å². The molecule has 9 heteroatoms. The van der Waals surface area contributed by atoms with Gasteiger partial charge in [-0.3, -0.25) is 10.1 Å². The van der Waals surface area contributed by atoms with Gasteiger partial charge < -0.3 is 10.6 Å². The fraction of sp³-hybridized carbons (Fsp3) is 0.167. The Bertz CT molecular complexity index is 753. The Hall–Kier alpha value is -2.97. The molecule has 0 atom stereocenters. The molecule has 0 spiro atoms. The summed E-state index contributed by atoms with van der Waals surface area (Å²) in [5.41, 5.74) is 1.17. The molecule has 21 heavy (non-hydrogen) atoms. The molecule has 0 aliphatic carbocycles. The number of hydrogen-bond acceptors (Lipinski definition) is 5. The molecule has 8 nitrogen and oxygen atoms in total. The van der Waals surface area contributed by atoms with Gasteiger partial charge in [0.25, 0.3) is 5.91 Å². The van der Waals surface area contributed by atoms with Crippen LogP contribution in [0.25, 0.3) is 11.7 Å². The highest BCUT2D eigenvalue weighted by Crippen LogP contribution is 2.15. The quantitative estimate of drug-likeness (QED) is 0.555. The molecular formula is C12H11FN6O2. The van der Waals surface area contributed by atoms with Gasteiger partial charge in [0.1, 0.15) is 18.2 Å². The van der Waals surface area contributed by atoms with Crippen LogP contribution in [0.5, 0.6) is 0 Å². The van der Waals surface area contributed by atoms with Crippen LogP contribution in [-0.2, 0) is 4.79 Å². The van der Waals surface area contributed by atoms with Gasteiger partial charge in [-0.2, -0.15) is 5.10 Å². The van der Waals surface area contributed by atoms with Gasteiger partial charge in [0.15, 0.2) is 5.65 Å². The molecule has 0 unspecified atom stereocenters. The first kappa shape index (κ1) is 13.0. The Morgan fingerprint density at radius 1 is 1.38 bits per heavy atom. The van der Waals surface area contributed by atoms with Gasteiger partial charge in [-0.1, -0.05) is 0 Å². The van der Waals surface area contributed by atoms with E-state index in [1.54, 1.807) is 12.3 Å². The molecule has 2 aromatic rings. The second-order valence-corrected chi connectivity index (χ2v) is 4.26. The molecule has 3 amide bonds. The predicted molar refractivity (Wildman–Crippen MR) is 72.1 cm³/mol. The van der Waals surface area contributed by atoms with E-state index in [1.165, 1.54) is 16.8 Å². The fourth-order valence-electron chi connectivity index (χ4n) is 1.90. The SMILES string of the molecule is O=C1NC(=O)/C(=C\c2cnn3ccc(NCCF)nc23)N1. The molecule has 0 aromatic carbocycles. The predicted octanol–water partition coefficient (Wildman–Crippen LogP) is 0.291. The highest BCUT2D eigenvalue weighted by molar-refractivity contribution is 6.14. The summed E-state index contributed by atoms with van der Waals surface area (Å²) in [6.07, 6.45) is 4.67. The zero-order chi connectivity index (χ0) is 14.8. The third kappa shape index (κ3) is 2.53. The zero-order valence-corrected chi connectivity index (χ0v) is 10.8. The minimum atomic E-state index is -0.569. The molecule has 1 aliphatic rings. The summed E-state index contributed by atoms with van der Waals surface area (Å²) in [5.74, 6) is -0.00809. The third-order valence-corrected chi connectivity index (χ3v) is 2.82. The van der Waals surface area contributed by atoms with Gasteiger partial charge in [0.05, 0.1) is 6.20 Å². The highest BCUT2D eigenvalue weighted by Gasteiger charge is 2.23. The Morgan fingerprint density at radius 2 is 2.24 bits per heavy atom. The number of aromatic nitrogens is 3. The lowest BCUT2D eigenvalue weighted by Crippen LogP contribution is -2.22. The number of amides is 3. The van der Waals surface area contributed by atoms with E-state index in [9.17, 15) is 14.0 Å². The van der Waals surface area contributed by atoms with Gasteiger partial charge in [-0.05, 0) is 12.1 Å². The van der Waals surface area contributed by atoms with Crippen LogP contribution in [-0.4, -0.2) is 39.8 Å². The Kier molecular flexibility index (Phi) is 3.22. The number of hydrogen-bond donors (Lipinski definition) is 3. The zero-order valence-electron chi connectivity index (χ0n) is 10.8. The van der Waals surface area contributed by atoms with E-state index in [0.29, 0.717) is 17.0 Å². The lowest BCUT2D eigenvalue weighted by molar-refractivity contribution is -0.115. The van der Waals surface area contributed by atoms with Gasteiger partial charge >= 0.3 is 6.03 Å². The van der Waals surface area contributed by atoms with Crippen molar-refractivity contribution in [2.45, 2.75) is 0 Å². The summed E-state index contributed by atoms with van der Waals surface area (Å²) in [7, 11) is 0. The summed E-state index contributed by atoms with van der Waals surface area (Å²) in [5, 5.41) is 11.4. The molecular weight excluding hydrogens is 279 g/mol. The maximum absolute atomic E-state index is 12.2. The summed E-state index contributed by atoms with van der Waals surface area (Å²) in [6.45, 7) is -0.346. The van der Waals surface area contributed by atoms with Gasteiger partial charge in [0.2, 0.25) is 0 Å². The molecule has 108 valence electrons. The van der Waals surface area contributed by atoms with E-state index in [1.807, 2.05) is 0 Å². The van der Waals surface area contributed by atoms with Gasteiger partial charge in [-0.25, -0.2) is 18.7 Å². The van der Waals surface area contributed by atoms with Crippen LogP contribution >= 0.6 is 0 Å². The number of rotatable bonds is 4. The van der Waals surface area contributed by atoms with Crippen LogP contribution in [0.4, 0.5) is 15.0 Å². The topological polar surface area (TPSA) is 100 Å². The third-order valence-electron chi connectivity index (χ3n) is 2.82. The second kappa shape index (κ2) is 5.19. The van der Waals surface area contributed by atoms with E-state index in [2.05, 4.69) is 26.0 Å². The number of fused-ring (bicyclic) bond motifs is 1. The maximum Gasteiger partial charge on any atom is 0.326 e. The molecule has 2 aromatic heterocycles.